The maximum Gasteiger partial charge on any atom is 0.328 e. The van der Waals surface area contributed by atoms with Crippen LogP contribution in [0.1, 0.15) is 0 Å². The normalized spacial score (nSPS) is 10.6. The molecule has 1 heterocycles. The maximum absolute atomic E-state index is 5.69. The Morgan fingerprint density at radius 3 is 2.53 bits per heavy atom. The molecule has 3 aromatic rings. The van der Waals surface area contributed by atoms with Crippen LogP contribution in [0.2, 0.25) is 5.28 Å². The molecule has 3 rings (SSSR count). The summed E-state index contributed by atoms with van der Waals surface area (Å²) in [5, 5.41) is 2.19. The summed E-state index contributed by atoms with van der Waals surface area (Å²) in [4.78, 5) is 11.4. The standard InChI is InChI=1S/C13H9ClN4O/c14-11-16-12(15)18-13(17-11)19-10-6-5-8-3-1-2-4-9(8)7-10/h1-7H,(H2,15,16,17,18). The van der Waals surface area contributed by atoms with E-state index < -0.39 is 0 Å². The molecule has 19 heavy (non-hydrogen) atoms. The number of benzene rings is 2. The van der Waals surface area contributed by atoms with Crippen molar-refractivity contribution < 1.29 is 4.74 Å². The molecule has 0 unspecified atom stereocenters. The Balaban J connectivity index is 1.96. The van der Waals surface area contributed by atoms with Crippen molar-refractivity contribution in [1.82, 2.24) is 15.0 Å². The summed E-state index contributed by atoms with van der Waals surface area (Å²) in [6.45, 7) is 0. The van der Waals surface area contributed by atoms with E-state index in [9.17, 15) is 0 Å². The summed E-state index contributed by atoms with van der Waals surface area (Å²) in [6, 6.07) is 13.7. The molecule has 0 aliphatic rings. The molecule has 0 aliphatic carbocycles. The van der Waals surface area contributed by atoms with E-state index in [1.54, 1.807) is 0 Å². The van der Waals surface area contributed by atoms with E-state index in [2.05, 4.69) is 15.0 Å². The van der Waals surface area contributed by atoms with Gasteiger partial charge in [0.05, 0.1) is 0 Å². The second-order valence-electron chi connectivity index (χ2n) is 3.86. The van der Waals surface area contributed by atoms with Gasteiger partial charge in [-0.25, -0.2) is 0 Å². The van der Waals surface area contributed by atoms with Crippen LogP contribution in [0.5, 0.6) is 11.8 Å². The number of halogens is 1. The molecule has 2 N–H and O–H groups in total. The quantitative estimate of drug-likeness (QED) is 0.776. The van der Waals surface area contributed by atoms with Crippen LogP contribution in [0.4, 0.5) is 5.95 Å². The monoisotopic (exact) mass is 272 g/mol. The Morgan fingerprint density at radius 1 is 0.947 bits per heavy atom. The molecule has 0 saturated carbocycles. The Labute approximate surface area is 114 Å². The van der Waals surface area contributed by atoms with E-state index in [1.165, 1.54) is 0 Å². The van der Waals surface area contributed by atoms with E-state index in [-0.39, 0.29) is 17.2 Å². The first-order valence-corrected chi connectivity index (χ1v) is 5.92. The summed E-state index contributed by atoms with van der Waals surface area (Å²) in [7, 11) is 0. The van der Waals surface area contributed by atoms with E-state index in [0.29, 0.717) is 5.75 Å². The SMILES string of the molecule is Nc1nc(Cl)nc(Oc2ccc3ccccc3c2)n1. The van der Waals surface area contributed by atoms with Crippen LogP contribution in [0.15, 0.2) is 42.5 Å². The lowest BCUT2D eigenvalue weighted by atomic mass is 10.1. The minimum absolute atomic E-state index is 0.00305. The zero-order valence-electron chi connectivity index (χ0n) is 9.75. The van der Waals surface area contributed by atoms with Gasteiger partial charge in [-0.05, 0) is 34.5 Å². The number of fused-ring (bicyclic) bond motifs is 1. The number of aromatic nitrogens is 3. The van der Waals surface area contributed by atoms with Crippen LogP contribution in [-0.4, -0.2) is 15.0 Å². The number of ether oxygens (including phenoxy) is 1. The van der Waals surface area contributed by atoms with Gasteiger partial charge in [-0.1, -0.05) is 30.3 Å². The highest BCUT2D eigenvalue weighted by atomic mass is 35.5. The average molecular weight is 273 g/mol. The first kappa shape index (κ1) is 11.7. The number of nitrogens with two attached hydrogens (primary N) is 1. The molecule has 0 atom stereocenters. The van der Waals surface area contributed by atoms with Gasteiger partial charge in [0.25, 0.3) is 0 Å². The van der Waals surface area contributed by atoms with Gasteiger partial charge >= 0.3 is 6.01 Å². The Morgan fingerprint density at radius 2 is 1.74 bits per heavy atom. The number of hydrogen-bond donors (Lipinski definition) is 1. The highest BCUT2D eigenvalue weighted by molar-refractivity contribution is 6.28. The van der Waals surface area contributed by atoms with Crippen molar-refractivity contribution in [3.05, 3.63) is 47.7 Å². The molecule has 94 valence electrons. The number of rotatable bonds is 2. The Hall–Kier alpha value is -2.40. The summed E-state index contributed by atoms with van der Waals surface area (Å²) >= 11 is 5.69. The Bertz CT molecular complexity index is 727. The number of nitrogen functional groups attached to an aromatic ring is 1. The molecule has 5 nitrogen and oxygen atoms in total. The highest BCUT2D eigenvalue weighted by Crippen LogP contribution is 2.24. The van der Waals surface area contributed by atoms with Gasteiger partial charge in [0.1, 0.15) is 5.75 Å². The lowest BCUT2D eigenvalue weighted by Gasteiger charge is -2.05. The van der Waals surface area contributed by atoms with Gasteiger partial charge in [0.2, 0.25) is 11.2 Å². The largest absolute Gasteiger partial charge is 0.424 e. The summed E-state index contributed by atoms with van der Waals surface area (Å²) in [5.41, 5.74) is 5.48. The minimum Gasteiger partial charge on any atom is -0.424 e. The lowest BCUT2D eigenvalue weighted by molar-refractivity contribution is 0.441. The van der Waals surface area contributed by atoms with E-state index in [0.717, 1.165) is 10.8 Å². The van der Waals surface area contributed by atoms with Crippen LogP contribution in [0.25, 0.3) is 10.8 Å². The van der Waals surface area contributed by atoms with Gasteiger partial charge in [-0.15, -0.1) is 0 Å². The van der Waals surface area contributed by atoms with Crippen molar-refractivity contribution in [2.75, 3.05) is 5.73 Å². The molecular weight excluding hydrogens is 264 g/mol. The molecule has 2 aromatic carbocycles. The fraction of sp³-hybridized carbons (Fsp3) is 0. The molecule has 0 radical (unpaired) electrons. The molecule has 0 saturated heterocycles. The smallest absolute Gasteiger partial charge is 0.328 e. The van der Waals surface area contributed by atoms with Crippen LogP contribution in [-0.2, 0) is 0 Å². The molecule has 6 heteroatoms. The molecule has 0 bridgehead atoms. The van der Waals surface area contributed by atoms with Crippen molar-refractivity contribution in [2.45, 2.75) is 0 Å². The fourth-order valence-electron chi connectivity index (χ4n) is 1.73. The summed E-state index contributed by atoms with van der Waals surface area (Å²) in [5.74, 6) is 0.635. The predicted molar refractivity (Wildman–Crippen MR) is 73.3 cm³/mol. The molecule has 0 fully saturated rings. The third-order valence-electron chi connectivity index (χ3n) is 2.53. The number of hydrogen-bond acceptors (Lipinski definition) is 5. The van der Waals surface area contributed by atoms with Crippen LogP contribution in [0.3, 0.4) is 0 Å². The summed E-state index contributed by atoms with van der Waals surface area (Å²) in [6.07, 6.45) is 0. The van der Waals surface area contributed by atoms with Crippen LogP contribution >= 0.6 is 11.6 Å². The van der Waals surface area contributed by atoms with Gasteiger partial charge in [-0.2, -0.15) is 15.0 Å². The van der Waals surface area contributed by atoms with Crippen molar-refractivity contribution in [3.8, 4) is 11.8 Å². The van der Waals surface area contributed by atoms with Gasteiger partial charge in [0.15, 0.2) is 0 Å². The number of nitrogens with zero attached hydrogens (tertiary/aromatic N) is 3. The predicted octanol–water partition coefficient (Wildman–Crippen LogP) is 3.05. The lowest BCUT2D eigenvalue weighted by Crippen LogP contribution is -2.00. The second kappa shape index (κ2) is 4.70. The highest BCUT2D eigenvalue weighted by Gasteiger charge is 2.05. The third-order valence-corrected chi connectivity index (χ3v) is 2.70. The molecule has 0 amide bonds. The van der Waals surface area contributed by atoms with E-state index in [1.807, 2.05) is 42.5 Å². The van der Waals surface area contributed by atoms with Crippen molar-refractivity contribution in [3.63, 3.8) is 0 Å². The minimum atomic E-state index is 0.00305. The van der Waals surface area contributed by atoms with Crippen molar-refractivity contribution in [1.29, 1.82) is 0 Å². The van der Waals surface area contributed by atoms with Gasteiger partial charge < -0.3 is 10.5 Å². The first-order chi connectivity index (χ1) is 9.20. The molecule has 0 aliphatic heterocycles. The Kier molecular flexibility index (Phi) is 2.89. The maximum atomic E-state index is 5.69. The fourth-order valence-corrected chi connectivity index (χ4v) is 1.89. The van der Waals surface area contributed by atoms with Crippen molar-refractivity contribution in [2.24, 2.45) is 0 Å². The zero-order valence-corrected chi connectivity index (χ0v) is 10.5. The van der Waals surface area contributed by atoms with Crippen LogP contribution in [0, 0.1) is 0 Å². The van der Waals surface area contributed by atoms with Crippen LogP contribution < -0.4 is 10.5 Å². The third kappa shape index (κ3) is 2.56. The first-order valence-electron chi connectivity index (χ1n) is 5.54. The van der Waals surface area contributed by atoms with Crippen molar-refractivity contribution >= 4 is 28.3 Å². The second-order valence-corrected chi connectivity index (χ2v) is 4.19. The zero-order chi connectivity index (χ0) is 13.2. The average Bonchev–Trinajstić information content (AvgIpc) is 2.37. The van der Waals surface area contributed by atoms with E-state index in [4.69, 9.17) is 22.1 Å². The molecule has 0 spiro atoms. The molecule has 1 aromatic heterocycles. The summed E-state index contributed by atoms with van der Waals surface area (Å²) < 4.78 is 5.52. The van der Waals surface area contributed by atoms with E-state index >= 15 is 0 Å². The van der Waals surface area contributed by atoms with Gasteiger partial charge in [0, 0.05) is 0 Å². The molecular formula is C13H9ClN4O. The van der Waals surface area contributed by atoms with Gasteiger partial charge in [-0.3, -0.25) is 0 Å². The topological polar surface area (TPSA) is 73.9 Å². The number of anilines is 1.